The fourth-order valence-corrected chi connectivity index (χ4v) is 2.04. The standard InChI is InChI=1S/C16H18N2O2/c1-11-7-8-15(20-3)14(9-11)18(2)16(19)12-5-4-6-13(17)10-12/h4-10H,17H2,1-3H3. The molecule has 104 valence electrons. The molecule has 20 heavy (non-hydrogen) atoms. The number of hydrogen-bond acceptors (Lipinski definition) is 3. The number of aryl methyl sites for hydroxylation is 1. The van der Waals surface area contributed by atoms with Gasteiger partial charge in [-0.05, 0) is 42.8 Å². The molecule has 0 unspecified atom stereocenters. The molecule has 0 aliphatic heterocycles. The first-order chi connectivity index (χ1) is 9.52. The number of ether oxygens (including phenoxy) is 1. The highest BCUT2D eigenvalue weighted by molar-refractivity contribution is 6.07. The number of anilines is 2. The topological polar surface area (TPSA) is 55.6 Å². The summed E-state index contributed by atoms with van der Waals surface area (Å²) in [5, 5.41) is 0. The van der Waals surface area contributed by atoms with E-state index in [1.54, 1.807) is 43.3 Å². The van der Waals surface area contributed by atoms with Gasteiger partial charge in [0.15, 0.2) is 0 Å². The van der Waals surface area contributed by atoms with Crippen molar-refractivity contribution >= 4 is 17.3 Å². The van der Waals surface area contributed by atoms with Crippen LogP contribution >= 0.6 is 0 Å². The van der Waals surface area contributed by atoms with Gasteiger partial charge < -0.3 is 15.4 Å². The first-order valence-electron chi connectivity index (χ1n) is 6.31. The van der Waals surface area contributed by atoms with Crippen LogP contribution in [0.3, 0.4) is 0 Å². The number of amides is 1. The van der Waals surface area contributed by atoms with Crippen molar-refractivity contribution < 1.29 is 9.53 Å². The van der Waals surface area contributed by atoms with Gasteiger partial charge in [-0.1, -0.05) is 12.1 Å². The Hall–Kier alpha value is -2.49. The lowest BCUT2D eigenvalue weighted by molar-refractivity contribution is 0.0992. The minimum Gasteiger partial charge on any atom is -0.495 e. The van der Waals surface area contributed by atoms with Gasteiger partial charge in [-0.15, -0.1) is 0 Å². The minimum absolute atomic E-state index is 0.124. The van der Waals surface area contributed by atoms with Gasteiger partial charge in [0.25, 0.3) is 5.91 Å². The lowest BCUT2D eigenvalue weighted by atomic mass is 10.1. The quantitative estimate of drug-likeness (QED) is 0.872. The number of rotatable bonds is 3. The van der Waals surface area contributed by atoms with Crippen LogP contribution in [0.4, 0.5) is 11.4 Å². The Balaban J connectivity index is 2.38. The molecule has 4 nitrogen and oxygen atoms in total. The van der Waals surface area contributed by atoms with Crippen LogP contribution in [-0.2, 0) is 0 Å². The highest BCUT2D eigenvalue weighted by Gasteiger charge is 2.17. The largest absolute Gasteiger partial charge is 0.495 e. The zero-order valence-electron chi connectivity index (χ0n) is 11.9. The number of methoxy groups -OCH3 is 1. The summed E-state index contributed by atoms with van der Waals surface area (Å²) in [6.07, 6.45) is 0. The molecule has 2 aromatic rings. The van der Waals surface area contributed by atoms with E-state index in [2.05, 4.69) is 0 Å². The van der Waals surface area contributed by atoms with Crippen molar-refractivity contribution in [1.82, 2.24) is 0 Å². The lowest BCUT2D eigenvalue weighted by Gasteiger charge is -2.20. The van der Waals surface area contributed by atoms with Crippen molar-refractivity contribution in [3.8, 4) is 5.75 Å². The number of nitrogens with two attached hydrogens (primary N) is 1. The van der Waals surface area contributed by atoms with Gasteiger partial charge in [0.1, 0.15) is 5.75 Å². The second-order valence-electron chi connectivity index (χ2n) is 4.66. The second kappa shape index (κ2) is 5.65. The molecule has 0 heterocycles. The highest BCUT2D eigenvalue weighted by Crippen LogP contribution is 2.29. The smallest absolute Gasteiger partial charge is 0.258 e. The molecular weight excluding hydrogens is 252 g/mol. The highest BCUT2D eigenvalue weighted by atomic mass is 16.5. The van der Waals surface area contributed by atoms with Gasteiger partial charge in [0.05, 0.1) is 12.8 Å². The van der Waals surface area contributed by atoms with Crippen molar-refractivity contribution in [3.05, 3.63) is 53.6 Å². The average molecular weight is 270 g/mol. The molecule has 1 amide bonds. The predicted octanol–water partition coefficient (Wildman–Crippen LogP) is 2.86. The summed E-state index contributed by atoms with van der Waals surface area (Å²) < 4.78 is 5.31. The van der Waals surface area contributed by atoms with Crippen LogP contribution in [0.25, 0.3) is 0 Å². The van der Waals surface area contributed by atoms with Crippen LogP contribution in [0.2, 0.25) is 0 Å². The fourth-order valence-electron chi connectivity index (χ4n) is 2.04. The maximum atomic E-state index is 12.5. The van der Waals surface area contributed by atoms with Crippen molar-refractivity contribution in [2.75, 3.05) is 24.8 Å². The van der Waals surface area contributed by atoms with Crippen molar-refractivity contribution in [2.24, 2.45) is 0 Å². The van der Waals surface area contributed by atoms with E-state index in [1.165, 1.54) is 0 Å². The van der Waals surface area contributed by atoms with E-state index in [1.807, 2.05) is 25.1 Å². The summed E-state index contributed by atoms with van der Waals surface area (Å²) in [4.78, 5) is 14.1. The van der Waals surface area contributed by atoms with Gasteiger partial charge in [-0.3, -0.25) is 4.79 Å². The Bertz CT molecular complexity index is 638. The molecule has 0 aromatic heterocycles. The Morgan fingerprint density at radius 2 is 1.95 bits per heavy atom. The third-order valence-electron chi connectivity index (χ3n) is 3.13. The first kappa shape index (κ1) is 13.9. The number of nitrogens with zero attached hydrogens (tertiary/aromatic N) is 1. The summed E-state index contributed by atoms with van der Waals surface area (Å²) in [7, 11) is 3.32. The number of carbonyl (C=O) groups excluding carboxylic acids is 1. The molecule has 2 N–H and O–H groups in total. The number of carbonyl (C=O) groups is 1. The number of hydrogen-bond donors (Lipinski definition) is 1. The van der Waals surface area contributed by atoms with Crippen LogP contribution in [0, 0.1) is 6.92 Å². The molecule has 4 heteroatoms. The summed E-state index contributed by atoms with van der Waals surface area (Å²) in [5.41, 5.74) is 8.64. The van der Waals surface area contributed by atoms with E-state index >= 15 is 0 Å². The van der Waals surface area contributed by atoms with Gasteiger partial charge >= 0.3 is 0 Å². The van der Waals surface area contributed by atoms with Gasteiger partial charge in [-0.2, -0.15) is 0 Å². The summed E-state index contributed by atoms with van der Waals surface area (Å²) in [5.74, 6) is 0.538. The maximum Gasteiger partial charge on any atom is 0.258 e. The van der Waals surface area contributed by atoms with Crippen LogP contribution < -0.4 is 15.4 Å². The Labute approximate surface area is 118 Å². The molecule has 0 radical (unpaired) electrons. The fraction of sp³-hybridized carbons (Fsp3) is 0.188. The first-order valence-corrected chi connectivity index (χ1v) is 6.31. The summed E-state index contributed by atoms with van der Waals surface area (Å²) in [6, 6.07) is 12.7. The molecule has 0 fully saturated rings. The monoisotopic (exact) mass is 270 g/mol. The van der Waals surface area contributed by atoms with Crippen LogP contribution in [0.5, 0.6) is 5.75 Å². The van der Waals surface area contributed by atoms with Crippen LogP contribution in [0.1, 0.15) is 15.9 Å². The van der Waals surface area contributed by atoms with E-state index in [-0.39, 0.29) is 5.91 Å². The SMILES string of the molecule is COc1ccc(C)cc1N(C)C(=O)c1cccc(N)c1. The Morgan fingerprint density at radius 3 is 2.60 bits per heavy atom. The predicted molar refractivity (Wildman–Crippen MR) is 81.3 cm³/mol. The zero-order valence-corrected chi connectivity index (χ0v) is 11.9. The van der Waals surface area contributed by atoms with E-state index < -0.39 is 0 Å². The molecule has 0 aliphatic rings. The van der Waals surface area contributed by atoms with Gasteiger partial charge in [0.2, 0.25) is 0 Å². The van der Waals surface area contributed by atoms with E-state index in [4.69, 9.17) is 10.5 Å². The lowest BCUT2D eigenvalue weighted by Crippen LogP contribution is -2.26. The molecule has 0 saturated heterocycles. The van der Waals surface area contributed by atoms with Crippen LogP contribution in [0.15, 0.2) is 42.5 Å². The summed E-state index contributed by atoms with van der Waals surface area (Å²) >= 11 is 0. The average Bonchev–Trinajstić information content (AvgIpc) is 2.45. The minimum atomic E-state index is -0.124. The number of benzene rings is 2. The zero-order chi connectivity index (χ0) is 14.7. The van der Waals surface area contributed by atoms with E-state index in [0.29, 0.717) is 17.0 Å². The van der Waals surface area contributed by atoms with Crippen LogP contribution in [-0.4, -0.2) is 20.1 Å². The van der Waals surface area contributed by atoms with Gasteiger partial charge in [-0.25, -0.2) is 0 Å². The Kier molecular flexibility index (Phi) is 3.94. The second-order valence-corrected chi connectivity index (χ2v) is 4.66. The Morgan fingerprint density at radius 1 is 1.20 bits per heavy atom. The number of nitrogen functional groups attached to an aromatic ring is 1. The van der Waals surface area contributed by atoms with Crippen molar-refractivity contribution in [1.29, 1.82) is 0 Å². The molecule has 0 saturated carbocycles. The van der Waals surface area contributed by atoms with Gasteiger partial charge in [0, 0.05) is 18.3 Å². The molecular formula is C16H18N2O2. The van der Waals surface area contributed by atoms with E-state index in [0.717, 1.165) is 11.3 Å². The third-order valence-corrected chi connectivity index (χ3v) is 3.13. The molecule has 0 aliphatic carbocycles. The molecule has 2 rings (SSSR count). The van der Waals surface area contributed by atoms with E-state index in [9.17, 15) is 4.79 Å². The third kappa shape index (κ3) is 2.74. The summed E-state index contributed by atoms with van der Waals surface area (Å²) in [6.45, 7) is 1.97. The molecule has 0 atom stereocenters. The molecule has 0 spiro atoms. The van der Waals surface area contributed by atoms with Crippen molar-refractivity contribution in [2.45, 2.75) is 6.92 Å². The normalized spacial score (nSPS) is 10.2. The maximum absolute atomic E-state index is 12.5. The van der Waals surface area contributed by atoms with Crippen molar-refractivity contribution in [3.63, 3.8) is 0 Å². The molecule has 2 aromatic carbocycles. The molecule has 0 bridgehead atoms.